The molecule has 0 saturated carbocycles. The number of primary amides is 1. The second kappa shape index (κ2) is 9.15. The minimum absolute atomic E-state index is 0.0434. The highest BCUT2D eigenvalue weighted by molar-refractivity contribution is 5.92. The third kappa shape index (κ3) is 5.39. The second-order valence-corrected chi connectivity index (χ2v) is 6.76. The number of carboxylic acid groups (broad SMARTS) is 1. The van der Waals surface area contributed by atoms with E-state index in [0.29, 0.717) is 12.2 Å². The van der Waals surface area contributed by atoms with Crippen molar-refractivity contribution in [1.82, 2.24) is 4.98 Å². The molecular formula is C22H20FN3O4. The van der Waals surface area contributed by atoms with E-state index in [4.69, 9.17) is 21.3 Å². The van der Waals surface area contributed by atoms with Gasteiger partial charge in [0.1, 0.15) is 5.75 Å². The van der Waals surface area contributed by atoms with E-state index >= 15 is 0 Å². The molecule has 1 aromatic heterocycles. The van der Waals surface area contributed by atoms with E-state index in [1.165, 1.54) is 0 Å². The monoisotopic (exact) mass is 409 g/mol. The van der Waals surface area contributed by atoms with Crippen LogP contribution in [0, 0.1) is 5.82 Å². The van der Waals surface area contributed by atoms with Gasteiger partial charge in [-0.25, -0.2) is 9.37 Å². The summed E-state index contributed by atoms with van der Waals surface area (Å²) in [5.41, 5.74) is 13.7. The maximum Gasteiger partial charge on any atom is 0.304 e. The van der Waals surface area contributed by atoms with E-state index in [0.717, 1.165) is 29.0 Å². The highest BCUT2D eigenvalue weighted by Crippen LogP contribution is 2.27. The Labute approximate surface area is 172 Å². The summed E-state index contributed by atoms with van der Waals surface area (Å²) in [6.45, 7) is 0. The Kier molecular flexibility index (Phi) is 6.38. The fourth-order valence-electron chi connectivity index (χ4n) is 2.94. The minimum atomic E-state index is -0.926. The van der Waals surface area contributed by atoms with Crippen molar-refractivity contribution in [2.75, 3.05) is 0 Å². The summed E-state index contributed by atoms with van der Waals surface area (Å²) in [5.74, 6) is -2.38. The Morgan fingerprint density at radius 3 is 2.47 bits per heavy atom. The molecule has 0 fully saturated rings. The Bertz CT molecular complexity index is 1070. The predicted molar refractivity (Wildman–Crippen MR) is 109 cm³/mol. The molecule has 0 spiro atoms. The topological polar surface area (TPSA) is 129 Å². The van der Waals surface area contributed by atoms with Crippen molar-refractivity contribution in [2.24, 2.45) is 11.5 Å². The molecule has 5 N–H and O–H groups in total. The number of nitrogens with two attached hydrogens (primary N) is 2. The van der Waals surface area contributed by atoms with Crippen LogP contribution in [0.2, 0.25) is 0 Å². The van der Waals surface area contributed by atoms with Gasteiger partial charge in [-0.15, -0.1) is 0 Å². The second-order valence-electron chi connectivity index (χ2n) is 6.76. The van der Waals surface area contributed by atoms with Crippen LogP contribution in [0.3, 0.4) is 0 Å². The Morgan fingerprint density at radius 2 is 1.83 bits per heavy atom. The molecular weight excluding hydrogens is 389 g/mol. The summed E-state index contributed by atoms with van der Waals surface area (Å²) < 4.78 is 19.5. The van der Waals surface area contributed by atoms with Crippen LogP contribution < -0.4 is 16.2 Å². The third-order valence-electron chi connectivity index (χ3n) is 4.36. The van der Waals surface area contributed by atoms with Gasteiger partial charge in [0.05, 0.1) is 12.0 Å². The van der Waals surface area contributed by atoms with Gasteiger partial charge in [0.2, 0.25) is 5.91 Å². The SMILES string of the molecule is NC(=O)c1cnc(Oc2ccc(-c3cccc(CC(N)CC(=O)O)c3)cc2)c(F)c1. The van der Waals surface area contributed by atoms with E-state index < -0.39 is 23.7 Å². The third-order valence-corrected chi connectivity index (χ3v) is 4.36. The number of ether oxygens (including phenoxy) is 1. The fourth-order valence-corrected chi connectivity index (χ4v) is 2.94. The van der Waals surface area contributed by atoms with Gasteiger partial charge in [0.25, 0.3) is 5.88 Å². The van der Waals surface area contributed by atoms with Crippen LogP contribution in [-0.4, -0.2) is 28.0 Å². The molecule has 1 heterocycles. The van der Waals surface area contributed by atoms with E-state index in [1.54, 1.807) is 24.3 Å². The van der Waals surface area contributed by atoms with Crippen LogP contribution in [0.25, 0.3) is 11.1 Å². The molecule has 3 aromatic rings. The molecule has 0 saturated heterocycles. The lowest BCUT2D eigenvalue weighted by molar-refractivity contribution is -0.137. The van der Waals surface area contributed by atoms with Crippen LogP contribution in [0.5, 0.6) is 11.6 Å². The lowest BCUT2D eigenvalue weighted by atomic mass is 9.98. The Balaban J connectivity index is 1.72. The quantitative estimate of drug-likeness (QED) is 0.524. The lowest BCUT2D eigenvalue weighted by Gasteiger charge is -2.11. The number of carbonyl (C=O) groups excluding carboxylic acids is 1. The molecule has 0 aliphatic rings. The molecule has 30 heavy (non-hydrogen) atoms. The first-order valence-corrected chi connectivity index (χ1v) is 9.12. The van der Waals surface area contributed by atoms with Gasteiger partial charge >= 0.3 is 5.97 Å². The molecule has 1 atom stereocenters. The first-order chi connectivity index (χ1) is 14.3. The van der Waals surface area contributed by atoms with E-state index in [9.17, 15) is 14.0 Å². The molecule has 1 amide bonds. The minimum Gasteiger partial charge on any atom is -0.481 e. The highest BCUT2D eigenvalue weighted by atomic mass is 19.1. The van der Waals surface area contributed by atoms with Gasteiger partial charge < -0.3 is 21.3 Å². The van der Waals surface area contributed by atoms with Crippen molar-refractivity contribution in [3.63, 3.8) is 0 Å². The number of halogens is 1. The standard InChI is InChI=1S/C22H20FN3O4/c23-19-10-16(21(25)29)12-26-22(19)30-18-6-4-14(5-7-18)15-3-1-2-13(8-15)9-17(24)11-20(27)28/h1-8,10,12,17H,9,11,24H2,(H2,25,29)(H,27,28). The number of carboxylic acids is 1. The van der Waals surface area contributed by atoms with E-state index in [-0.39, 0.29) is 17.9 Å². The zero-order valence-corrected chi connectivity index (χ0v) is 15.9. The Morgan fingerprint density at radius 1 is 1.10 bits per heavy atom. The van der Waals surface area contributed by atoms with Crippen LogP contribution in [-0.2, 0) is 11.2 Å². The smallest absolute Gasteiger partial charge is 0.304 e. The van der Waals surface area contributed by atoms with Crippen molar-refractivity contribution < 1.29 is 23.8 Å². The van der Waals surface area contributed by atoms with Crippen molar-refractivity contribution in [1.29, 1.82) is 0 Å². The van der Waals surface area contributed by atoms with Gasteiger partial charge in [-0.3, -0.25) is 9.59 Å². The van der Waals surface area contributed by atoms with Crippen LogP contribution in [0.4, 0.5) is 4.39 Å². The van der Waals surface area contributed by atoms with Crippen molar-refractivity contribution >= 4 is 11.9 Å². The number of hydrogen-bond acceptors (Lipinski definition) is 5. The van der Waals surface area contributed by atoms with Gasteiger partial charge in [-0.05, 0) is 41.3 Å². The number of carbonyl (C=O) groups is 2. The van der Waals surface area contributed by atoms with E-state index in [2.05, 4.69) is 4.98 Å². The first-order valence-electron chi connectivity index (χ1n) is 9.12. The summed E-state index contributed by atoms with van der Waals surface area (Å²) in [4.78, 5) is 25.6. The lowest BCUT2D eigenvalue weighted by Crippen LogP contribution is -2.26. The number of amides is 1. The molecule has 0 bridgehead atoms. The molecule has 7 nitrogen and oxygen atoms in total. The van der Waals surface area contributed by atoms with Crippen LogP contribution in [0.1, 0.15) is 22.3 Å². The molecule has 8 heteroatoms. The fraction of sp³-hybridized carbons (Fsp3) is 0.136. The zero-order valence-electron chi connectivity index (χ0n) is 15.9. The van der Waals surface area contributed by atoms with Crippen molar-refractivity contribution in [3.8, 4) is 22.8 Å². The van der Waals surface area contributed by atoms with E-state index in [1.807, 2.05) is 24.3 Å². The first kappa shape index (κ1) is 20.9. The number of pyridine rings is 1. The zero-order chi connectivity index (χ0) is 21.7. The summed E-state index contributed by atoms with van der Waals surface area (Å²) in [6, 6.07) is 15.1. The van der Waals surface area contributed by atoms with Gasteiger partial charge in [-0.2, -0.15) is 0 Å². The maximum absolute atomic E-state index is 14.0. The van der Waals surface area contributed by atoms with Crippen molar-refractivity contribution in [3.05, 3.63) is 77.7 Å². The number of hydrogen-bond donors (Lipinski definition) is 3. The number of rotatable bonds is 8. The summed E-state index contributed by atoms with van der Waals surface area (Å²) in [7, 11) is 0. The maximum atomic E-state index is 14.0. The number of aromatic nitrogens is 1. The molecule has 0 aliphatic carbocycles. The molecule has 0 aliphatic heterocycles. The summed E-state index contributed by atoms with van der Waals surface area (Å²) in [5, 5.41) is 8.84. The summed E-state index contributed by atoms with van der Waals surface area (Å²) >= 11 is 0. The summed E-state index contributed by atoms with van der Waals surface area (Å²) in [6.07, 6.45) is 1.50. The average Bonchev–Trinajstić information content (AvgIpc) is 2.69. The highest BCUT2D eigenvalue weighted by Gasteiger charge is 2.12. The predicted octanol–water partition coefficient (Wildman–Crippen LogP) is 3.12. The largest absolute Gasteiger partial charge is 0.481 e. The van der Waals surface area contributed by atoms with Gasteiger partial charge in [0, 0.05) is 12.2 Å². The molecule has 1 unspecified atom stereocenters. The molecule has 2 aromatic carbocycles. The van der Waals surface area contributed by atoms with Crippen LogP contribution in [0.15, 0.2) is 60.8 Å². The normalized spacial score (nSPS) is 11.7. The molecule has 154 valence electrons. The number of aliphatic carboxylic acids is 1. The van der Waals surface area contributed by atoms with Gasteiger partial charge in [0.15, 0.2) is 5.82 Å². The number of nitrogens with zero attached hydrogens (tertiary/aromatic N) is 1. The average molecular weight is 409 g/mol. The molecule has 0 radical (unpaired) electrons. The van der Waals surface area contributed by atoms with Crippen molar-refractivity contribution in [2.45, 2.75) is 18.9 Å². The Hall–Kier alpha value is -3.78. The van der Waals surface area contributed by atoms with Gasteiger partial charge in [-0.1, -0.05) is 36.4 Å². The van der Waals surface area contributed by atoms with Crippen LogP contribution >= 0.6 is 0 Å². The number of benzene rings is 2. The molecule has 3 rings (SSSR count).